The molecule has 20 heavy (non-hydrogen) atoms. The Labute approximate surface area is 121 Å². The predicted molar refractivity (Wildman–Crippen MR) is 79.0 cm³/mol. The molecular formula is C15H27N3O2. The predicted octanol–water partition coefficient (Wildman–Crippen LogP) is 1.82. The molecule has 2 atom stereocenters. The lowest BCUT2D eigenvalue weighted by Gasteiger charge is -2.27. The average molecular weight is 281 g/mol. The maximum atomic E-state index is 11.9. The number of aromatic nitrogens is 2. The van der Waals surface area contributed by atoms with Gasteiger partial charge in [-0.1, -0.05) is 27.7 Å². The molecule has 1 amide bonds. The summed E-state index contributed by atoms with van der Waals surface area (Å²) in [6.07, 6.45) is 3.83. The van der Waals surface area contributed by atoms with Crippen molar-refractivity contribution in [2.45, 2.75) is 46.6 Å². The normalized spacial score (nSPS) is 16.6. The summed E-state index contributed by atoms with van der Waals surface area (Å²) < 4.78 is 1.63. The van der Waals surface area contributed by atoms with Crippen LogP contribution in [0.25, 0.3) is 0 Å². The summed E-state index contributed by atoms with van der Waals surface area (Å²) in [6.45, 7) is 10.3. The van der Waals surface area contributed by atoms with Crippen molar-refractivity contribution in [3.63, 3.8) is 0 Å². The molecule has 1 rings (SSSR count). The number of hydrogen-bond acceptors (Lipinski definition) is 3. The van der Waals surface area contributed by atoms with Crippen molar-refractivity contribution in [3.8, 4) is 0 Å². The largest absolute Gasteiger partial charge is 0.383 e. The van der Waals surface area contributed by atoms with Crippen molar-refractivity contribution in [1.29, 1.82) is 0 Å². The van der Waals surface area contributed by atoms with E-state index in [9.17, 15) is 9.90 Å². The van der Waals surface area contributed by atoms with Crippen molar-refractivity contribution in [1.82, 2.24) is 15.1 Å². The zero-order valence-electron chi connectivity index (χ0n) is 13.4. The Morgan fingerprint density at radius 2 is 2.05 bits per heavy atom. The molecule has 2 unspecified atom stereocenters. The summed E-state index contributed by atoms with van der Waals surface area (Å²) in [5.41, 5.74) is -0.304. The Morgan fingerprint density at radius 3 is 2.50 bits per heavy atom. The molecule has 0 aliphatic rings. The van der Waals surface area contributed by atoms with Gasteiger partial charge in [0.25, 0.3) is 0 Å². The molecule has 1 heterocycles. The third-order valence-electron chi connectivity index (χ3n) is 3.93. The molecule has 2 N–H and O–H groups in total. The second kappa shape index (κ2) is 5.95. The van der Waals surface area contributed by atoms with E-state index in [4.69, 9.17) is 0 Å². The molecule has 0 saturated heterocycles. The molecule has 5 nitrogen and oxygen atoms in total. The molecule has 0 spiro atoms. The van der Waals surface area contributed by atoms with Gasteiger partial charge in [-0.25, -0.2) is 0 Å². The van der Waals surface area contributed by atoms with E-state index in [1.807, 2.05) is 0 Å². The Hall–Kier alpha value is -1.36. The van der Waals surface area contributed by atoms with Crippen LogP contribution >= 0.6 is 0 Å². The second-order valence-corrected chi connectivity index (χ2v) is 6.92. The minimum Gasteiger partial charge on any atom is -0.383 e. The number of hydrogen-bond donors (Lipinski definition) is 2. The van der Waals surface area contributed by atoms with E-state index in [2.05, 4.69) is 38.1 Å². The van der Waals surface area contributed by atoms with Gasteiger partial charge in [0, 0.05) is 25.2 Å². The quantitative estimate of drug-likeness (QED) is 0.865. The molecule has 0 saturated carbocycles. The SMILES string of the molecule is CC(CC(=O)NCC(C)(O)c1cnn(C)c1)C(C)(C)C. The van der Waals surface area contributed by atoms with Crippen LogP contribution in [0, 0.1) is 11.3 Å². The number of rotatable bonds is 5. The highest BCUT2D eigenvalue weighted by Gasteiger charge is 2.27. The average Bonchev–Trinajstić information content (AvgIpc) is 2.73. The Kier molecular flexibility index (Phi) is 4.97. The van der Waals surface area contributed by atoms with Crippen LogP contribution in [0.2, 0.25) is 0 Å². The van der Waals surface area contributed by atoms with Crippen molar-refractivity contribution >= 4 is 5.91 Å². The lowest BCUT2D eigenvalue weighted by atomic mass is 9.80. The zero-order chi connectivity index (χ0) is 15.6. The standard InChI is InChI=1S/C15H27N3O2/c1-11(14(2,3)4)7-13(19)16-10-15(5,20)12-8-17-18(6)9-12/h8-9,11,20H,7,10H2,1-6H3,(H,16,19). The molecule has 0 aliphatic heterocycles. The van der Waals surface area contributed by atoms with Crippen molar-refractivity contribution in [3.05, 3.63) is 18.0 Å². The molecule has 5 heteroatoms. The van der Waals surface area contributed by atoms with E-state index in [0.717, 1.165) is 0 Å². The van der Waals surface area contributed by atoms with Crippen LogP contribution in [-0.2, 0) is 17.4 Å². The molecule has 114 valence electrons. The summed E-state index contributed by atoms with van der Waals surface area (Å²) >= 11 is 0. The summed E-state index contributed by atoms with van der Waals surface area (Å²) in [5, 5.41) is 17.2. The first-order chi connectivity index (χ1) is 9.02. The van der Waals surface area contributed by atoms with E-state index >= 15 is 0 Å². The van der Waals surface area contributed by atoms with E-state index in [-0.39, 0.29) is 23.8 Å². The van der Waals surface area contributed by atoms with Crippen LogP contribution in [0.3, 0.4) is 0 Å². The molecule has 0 fully saturated rings. The fraction of sp³-hybridized carbons (Fsp3) is 0.733. The van der Waals surface area contributed by atoms with Gasteiger partial charge in [-0.2, -0.15) is 5.10 Å². The van der Waals surface area contributed by atoms with Crippen LogP contribution in [0.5, 0.6) is 0 Å². The fourth-order valence-electron chi connectivity index (χ4n) is 1.73. The minimum absolute atomic E-state index is 0.0309. The van der Waals surface area contributed by atoms with Gasteiger partial charge >= 0.3 is 0 Å². The van der Waals surface area contributed by atoms with Gasteiger partial charge in [-0.15, -0.1) is 0 Å². The van der Waals surface area contributed by atoms with Crippen LogP contribution in [0.15, 0.2) is 12.4 Å². The molecule has 0 bridgehead atoms. The van der Waals surface area contributed by atoms with E-state index in [1.165, 1.54) is 0 Å². The Morgan fingerprint density at radius 1 is 1.45 bits per heavy atom. The highest BCUT2D eigenvalue weighted by Crippen LogP contribution is 2.28. The second-order valence-electron chi connectivity index (χ2n) is 6.92. The van der Waals surface area contributed by atoms with Crippen LogP contribution < -0.4 is 5.32 Å². The number of nitrogens with zero attached hydrogens (tertiary/aromatic N) is 2. The number of carbonyl (C=O) groups excluding carboxylic acids is 1. The van der Waals surface area contributed by atoms with Gasteiger partial charge in [-0.3, -0.25) is 9.48 Å². The smallest absolute Gasteiger partial charge is 0.220 e. The fourth-order valence-corrected chi connectivity index (χ4v) is 1.73. The number of amides is 1. The molecule has 0 radical (unpaired) electrons. The lowest BCUT2D eigenvalue weighted by Crippen LogP contribution is -2.39. The first-order valence-electron chi connectivity index (χ1n) is 7.00. The minimum atomic E-state index is -1.10. The number of nitrogens with one attached hydrogen (secondary N) is 1. The number of aliphatic hydroxyl groups is 1. The number of aryl methyl sites for hydroxylation is 1. The maximum Gasteiger partial charge on any atom is 0.220 e. The third-order valence-corrected chi connectivity index (χ3v) is 3.93. The first-order valence-corrected chi connectivity index (χ1v) is 7.00. The monoisotopic (exact) mass is 281 g/mol. The van der Waals surface area contributed by atoms with E-state index in [1.54, 1.807) is 31.0 Å². The maximum absolute atomic E-state index is 11.9. The van der Waals surface area contributed by atoms with Gasteiger partial charge in [0.15, 0.2) is 0 Å². The lowest BCUT2D eigenvalue weighted by molar-refractivity contribution is -0.123. The molecule has 0 aromatic carbocycles. The molecule has 1 aromatic rings. The van der Waals surface area contributed by atoms with Crippen molar-refractivity contribution < 1.29 is 9.90 Å². The highest BCUT2D eigenvalue weighted by molar-refractivity contribution is 5.76. The van der Waals surface area contributed by atoms with E-state index < -0.39 is 5.60 Å². The number of carbonyl (C=O) groups is 1. The van der Waals surface area contributed by atoms with Crippen molar-refractivity contribution in [2.24, 2.45) is 18.4 Å². The Bertz CT molecular complexity index is 458. The van der Waals surface area contributed by atoms with Gasteiger partial charge in [0.1, 0.15) is 5.60 Å². The van der Waals surface area contributed by atoms with Crippen molar-refractivity contribution in [2.75, 3.05) is 6.54 Å². The third kappa shape index (κ3) is 4.63. The van der Waals surface area contributed by atoms with Gasteiger partial charge in [0.05, 0.1) is 12.7 Å². The summed E-state index contributed by atoms with van der Waals surface area (Å²) in [6, 6.07) is 0. The molecule has 1 aromatic heterocycles. The van der Waals surface area contributed by atoms with Crippen LogP contribution in [0.4, 0.5) is 0 Å². The van der Waals surface area contributed by atoms with Gasteiger partial charge in [-0.05, 0) is 18.3 Å². The van der Waals surface area contributed by atoms with E-state index in [0.29, 0.717) is 12.0 Å². The van der Waals surface area contributed by atoms with Gasteiger partial charge < -0.3 is 10.4 Å². The van der Waals surface area contributed by atoms with Crippen LogP contribution in [0.1, 0.15) is 46.6 Å². The Balaban J connectivity index is 2.52. The summed E-state index contributed by atoms with van der Waals surface area (Å²) in [5.74, 6) is 0.252. The molecule has 0 aliphatic carbocycles. The van der Waals surface area contributed by atoms with Gasteiger partial charge in [0.2, 0.25) is 5.91 Å². The zero-order valence-corrected chi connectivity index (χ0v) is 13.4. The van der Waals surface area contributed by atoms with Crippen LogP contribution in [-0.4, -0.2) is 27.3 Å². The first kappa shape index (κ1) is 16.7. The summed E-state index contributed by atoms with van der Waals surface area (Å²) in [7, 11) is 1.79. The highest BCUT2D eigenvalue weighted by atomic mass is 16.3. The summed E-state index contributed by atoms with van der Waals surface area (Å²) in [4.78, 5) is 11.9. The topological polar surface area (TPSA) is 67.2 Å². The molecular weight excluding hydrogens is 254 g/mol.